The van der Waals surface area contributed by atoms with E-state index in [-0.39, 0.29) is 6.61 Å². The maximum Gasteiger partial charge on any atom is 0.0676 e. The topological polar surface area (TPSA) is 20.2 Å². The predicted octanol–water partition coefficient (Wildman–Crippen LogP) is 1.67. The van der Waals surface area contributed by atoms with Crippen molar-refractivity contribution in [2.75, 3.05) is 6.61 Å². The zero-order valence-corrected chi connectivity index (χ0v) is 5.67. The molecule has 0 aromatic heterocycles. The van der Waals surface area contributed by atoms with E-state index < -0.39 is 0 Å². The molecule has 0 rings (SSSR count). The summed E-state index contributed by atoms with van der Waals surface area (Å²) in [5.41, 5.74) is 0.730. The molecule has 1 heteroatoms. The largest absolute Gasteiger partial charge is 0.392 e. The molecule has 0 radical (unpaired) electrons. The molecule has 0 heterocycles. The molecule has 0 aliphatic rings. The molecule has 0 aliphatic heterocycles. The van der Waals surface area contributed by atoms with E-state index >= 15 is 0 Å². The van der Waals surface area contributed by atoms with Gasteiger partial charge in [-0.15, -0.1) is 0 Å². The number of allylic oxidation sites excluding steroid dienone is 3. The van der Waals surface area contributed by atoms with Crippen molar-refractivity contribution in [3.63, 3.8) is 0 Å². The number of rotatable bonds is 3. The zero-order chi connectivity index (χ0) is 7.11. The lowest BCUT2D eigenvalue weighted by Gasteiger charge is -1.86. The van der Waals surface area contributed by atoms with Gasteiger partial charge in [0.15, 0.2) is 0 Å². The lowest BCUT2D eigenvalue weighted by Crippen LogP contribution is -1.80. The molecule has 1 N–H and O–H groups in total. The quantitative estimate of drug-likeness (QED) is 0.567. The summed E-state index contributed by atoms with van der Waals surface area (Å²) in [5.74, 6) is 0. The summed E-state index contributed by atoms with van der Waals surface area (Å²) in [7, 11) is 0. The Labute approximate surface area is 56.0 Å². The molecule has 0 bridgehead atoms. The van der Waals surface area contributed by atoms with Gasteiger partial charge in [-0.2, -0.15) is 0 Å². The van der Waals surface area contributed by atoms with Gasteiger partial charge < -0.3 is 5.11 Å². The molecule has 0 aromatic carbocycles. The van der Waals surface area contributed by atoms with Gasteiger partial charge >= 0.3 is 0 Å². The van der Waals surface area contributed by atoms with E-state index in [1.807, 2.05) is 25.2 Å². The Morgan fingerprint density at radius 1 is 1.56 bits per heavy atom. The van der Waals surface area contributed by atoms with E-state index in [9.17, 15) is 0 Å². The second kappa shape index (κ2) is 5.32. The Morgan fingerprint density at radius 2 is 2.22 bits per heavy atom. The summed E-state index contributed by atoms with van der Waals surface area (Å²) < 4.78 is 0. The standard InChI is InChI=1S/C8H12O/c1-3-4-5-6-8(2)7-9/h3-6,9H,2,7H2,1H3/b4-3-,6-5-. The van der Waals surface area contributed by atoms with Gasteiger partial charge in [-0.3, -0.25) is 0 Å². The summed E-state index contributed by atoms with van der Waals surface area (Å²) in [4.78, 5) is 0. The highest BCUT2D eigenvalue weighted by molar-refractivity contribution is 5.18. The van der Waals surface area contributed by atoms with Crippen molar-refractivity contribution in [2.45, 2.75) is 6.92 Å². The van der Waals surface area contributed by atoms with Gasteiger partial charge in [-0.25, -0.2) is 0 Å². The van der Waals surface area contributed by atoms with Crippen LogP contribution in [-0.4, -0.2) is 11.7 Å². The van der Waals surface area contributed by atoms with Gasteiger partial charge in [-0.1, -0.05) is 30.9 Å². The van der Waals surface area contributed by atoms with E-state index in [2.05, 4.69) is 6.58 Å². The monoisotopic (exact) mass is 124 g/mol. The van der Waals surface area contributed by atoms with Crippen LogP contribution < -0.4 is 0 Å². The van der Waals surface area contributed by atoms with Crippen molar-refractivity contribution >= 4 is 0 Å². The van der Waals surface area contributed by atoms with Crippen LogP contribution in [0, 0.1) is 0 Å². The maximum atomic E-state index is 8.46. The van der Waals surface area contributed by atoms with Gasteiger partial charge in [0.2, 0.25) is 0 Å². The van der Waals surface area contributed by atoms with Crippen molar-refractivity contribution in [3.8, 4) is 0 Å². The van der Waals surface area contributed by atoms with E-state index in [1.54, 1.807) is 6.08 Å². The summed E-state index contributed by atoms with van der Waals surface area (Å²) in [6.07, 6.45) is 7.43. The van der Waals surface area contributed by atoms with Gasteiger partial charge in [-0.05, 0) is 12.5 Å². The van der Waals surface area contributed by atoms with E-state index in [4.69, 9.17) is 5.11 Å². The minimum atomic E-state index is 0.0358. The van der Waals surface area contributed by atoms with Crippen LogP contribution in [0.25, 0.3) is 0 Å². The Kier molecular flexibility index (Phi) is 4.83. The SMILES string of the molecule is C=C(/C=C\C=C/C)CO. The molecule has 0 aliphatic carbocycles. The highest BCUT2D eigenvalue weighted by Gasteiger charge is 1.77. The predicted molar refractivity (Wildman–Crippen MR) is 40.2 cm³/mol. The summed E-state index contributed by atoms with van der Waals surface area (Å²) in [6, 6.07) is 0. The van der Waals surface area contributed by atoms with Crippen LogP contribution in [0.15, 0.2) is 36.5 Å². The average molecular weight is 124 g/mol. The van der Waals surface area contributed by atoms with Gasteiger partial charge in [0.1, 0.15) is 0 Å². The third-order valence-corrected chi connectivity index (χ3v) is 0.839. The third-order valence-electron chi connectivity index (χ3n) is 0.839. The number of hydrogen-bond donors (Lipinski definition) is 1. The van der Waals surface area contributed by atoms with Crippen LogP contribution in [0.4, 0.5) is 0 Å². The fourth-order valence-electron chi connectivity index (χ4n) is 0.355. The fourth-order valence-corrected chi connectivity index (χ4v) is 0.355. The molecule has 0 aromatic rings. The van der Waals surface area contributed by atoms with Crippen LogP contribution in [0.5, 0.6) is 0 Å². The highest BCUT2D eigenvalue weighted by atomic mass is 16.3. The van der Waals surface area contributed by atoms with Crippen LogP contribution in [0.1, 0.15) is 6.92 Å². The Morgan fingerprint density at radius 3 is 2.67 bits per heavy atom. The fraction of sp³-hybridized carbons (Fsp3) is 0.250. The Balaban J connectivity index is 3.57. The molecule has 0 atom stereocenters. The molecular formula is C8H12O. The van der Waals surface area contributed by atoms with Crippen LogP contribution in [-0.2, 0) is 0 Å². The second-order valence-electron chi connectivity index (χ2n) is 1.70. The molecule has 1 nitrogen and oxygen atoms in total. The van der Waals surface area contributed by atoms with Crippen LogP contribution in [0.2, 0.25) is 0 Å². The number of aliphatic hydroxyl groups excluding tert-OH is 1. The molecular weight excluding hydrogens is 112 g/mol. The molecule has 0 unspecified atom stereocenters. The molecule has 50 valence electrons. The normalized spacial score (nSPS) is 11.3. The zero-order valence-electron chi connectivity index (χ0n) is 5.67. The summed E-state index contributed by atoms with van der Waals surface area (Å²) in [6.45, 7) is 5.55. The lowest BCUT2D eigenvalue weighted by atomic mass is 10.3. The number of hydrogen-bond acceptors (Lipinski definition) is 1. The van der Waals surface area contributed by atoms with Crippen LogP contribution >= 0.6 is 0 Å². The van der Waals surface area contributed by atoms with E-state index in [1.165, 1.54) is 0 Å². The van der Waals surface area contributed by atoms with Crippen molar-refractivity contribution in [3.05, 3.63) is 36.5 Å². The van der Waals surface area contributed by atoms with Crippen LogP contribution in [0.3, 0.4) is 0 Å². The van der Waals surface area contributed by atoms with E-state index in [0.29, 0.717) is 0 Å². The minimum Gasteiger partial charge on any atom is -0.392 e. The smallest absolute Gasteiger partial charge is 0.0676 e. The molecule has 0 saturated carbocycles. The van der Waals surface area contributed by atoms with Gasteiger partial charge in [0, 0.05) is 0 Å². The summed E-state index contributed by atoms with van der Waals surface area (Å²) in [5, 5.41) is 8.46. The first-order valence-corrected chi connectivity index (χ1v) is 2.89. The third kappa shape index (κ3) is 5.04. The lowest BCUT2D eigenvalue weighted by molar-refractivity contribution is 0.335. The first kappa shape index (κ1) is 8.18. The molecule has 0 spiro atoms. The first-order chi connectivity index (χ1) is 4.31. The van der Waals surface area contributed by atoms with Gasteiger partial charge in [0.05, 0.1) is 6.61 Å². The number of aliphatic hydroxyl groups is 1. The minimum absolute atomic E-state index is 0.0358. The van der Waals surface area contributed by atoms with Crippen molar-refractivity contribution in [2.24, 2.45) is 0 Å². The average Bonchev–Trinajstić information content (AvgIpc) is 1.89. The Hall–Kier alpha value is -0.820. The molecule has 9 heavy (non-hydrogen) atoms. The highest BCUT2D eigenvalue weighted by Crippen LogP contribution is 1.89. The molecule has 0 amide bonds. The maximum absolute atomic E-state index is 8.46. The van der Waals surface area contributed by atoms with Crippen molar-refractivity contribution < 1.29 is 5.11 Å². The summed E-state index contributed by atoms with van der Waals surface area (Å²) >= 11 is 0. The van der Waals surface area contributed by atoms with Gasteiger partial charge in [0.25, 0.3) is 0 Å². The molecule has 0 fully saturated rings. The van der Waals surface area contributed by atoms with Crippen molar-refractivity contribution in [1.29, 1.82) is 0 Å². The van der Waals surface area contributed by atoms with E-state index in [0.717, 1.165) is 5.57 Å². The first-order valence-electron chi connectivity index (χ1n) is 2.89. The van der Waals surface area contributed by atoms with Crippen molar-refractivity contribution in [1.82, 2.24) is 0 Å². The molecule has 0 saturated heterocycles. The Bertz CT molecular complexity index is 132. The second-order valence-corrected chi connectivity index (χ2v) is 1.70.